The zero-order valence-corrected chi connectivity index (χ0v) is 11.4. The summed E-state index contributed by atoms with van der Waals surface area (Å²) < 4.78 is 0. The van der Waals surface area contributed by atoms with Gasteiger partial charge >= 0.3 is 0 Å². The first kappa shape index (κ1) is 12.7. The minimum absolute atomic E-state index is 0.520. The Morgan fingerprint density at radius 1 is 1.00 bits per heavy atom. The van der Waals surface area contributed by atoms with Crippen LogP contribution in [0.25, 0.3) is 0 Å². The summed E-state index contributed by atoms with van der Waals surface area (Å²) in [5.41, 5.74) is 5.25. The quantitative estimate of drug-likeness (QED) is 0.827. The second-order valence-corrected chi connectivity index (χ2v) is 5.01. The van der Waals surface area contributed by atoms with Gasteiger partial charge in [0, 0.05) is 12.2 Å². The highest BCUT2D eigenvalue weighted by atomic mass is 14.9. The van der Waals surface area contributed by atoms with Crippen molar-refractivity contribution in [1.29, 1.82) is 0 Å². The Morgan fingerprint density at radius 3 is 2.39 bits per heavy atom. The molecule has 2 aromatic carbocycles. The summed E-state index contributed by atoms with van der Waals surface area (Å²) in [5, 5.41) is 3.54. The molecule has 0 aromatic heterocycles. The predicted octanol–water partition coefficient (Wildman–Crippen LogP) is 4.52. The van der Waals surface area contributed by atoms with E-state index in [2.05, 4.69) is 74.6 Å². The predicted molar refractivity (Wildman–Crippen MR) is 79.3 cm³/mol. The van der Waals surface area contributed by atoms with Gasteiger partial charge in [-0.2, -0.15) is 0 Å². The molecule has 0 saturated heterocycles. The Hall–Kier alpha value is -1.76. The number of nitrogens with one attached hydrogen (secondary N) is 1. The molecule has 0 fully saturated rings. The van der Waals surface area contributed by atoms with Crippen LogP contribution in [0.3, 0.4) is 0 Å². The van der Waals surface area contributed by atoms with E-state index in [1.807, 2.05) is 0 Å². The molecule has 1 nitrogen and oxygen atoms in total. The van der Waals surface area contributed by atoms with E-state index in [1.165, 1.54) is 22.4 Å². The summed E-state index contributed by atoms with van der Waals surface area (Å²) >= 11 is 0. The monoisotopic (exact) mass is 239 g/mol. The van der Waals surface area contributed by atoms with Gasteiger partial charge in [-0.3, -0.25) is 0 Å². The van der Waals surface area contributed by atoms with Crippen molar-refractivity contribution in [1.82, 2.24) is 0 Å². The lowest BCUT2D eigenvalue weighted by atomic mass is 10.0. The van der Waals surface area contributed by atoms with Gasteiger partial charge < -0.3 is 5.32 Å². The Bertz CT molecular complexity index is 502. The third kappa shape index (κ3) is 3.13. The van der Waals surface area contributed by atoms with Crippen molar-refractivity contribution in [3.8, 4) is 0 Å². The number of benzene rings is 2. The van der Waals surface area contributed by atoms with Crippen LogP contribution in [0.15, 0.2) is 48.5 Å². The molecule has 2 aromatic rings. The molecule has 1 heteroatoms. The van der Waals surface area contributed by atoms with Gasteiger partial charge in [-0.15, -0.1) is 0 Å². The number of rotatable bonds is 4. The minimum atomic E-state index is 0.520. The molecule has 0 amide bonds. The van der Waals surface area contributed by atoms with Crippen molar-refractivity contribution in [3.05, 3.63) is 65.2 Å². The van der Waals surface area contributed by atoms with Crippen molar-refractivity contribution >= 4 is 5.69 Å². The Kier molecular flexibility index (Phi) is 4.03. The number of anilines is 1. The fourth-order valence-electron chi connectivity index (χ4n) is 2.17. The molecule has 1 N–H and O–H groups in total. The molecule has 0 aliphatic rings. The molecule has 0 aliphatic heterocycles. The third-order valence-electron chi connectivity index (χ3n) is 3.35. The lowest BCUT2D eigenvalue weighted by Crippen LogP contribution is -2.10. The smallest absolute Gasteiger partial charge is 0.0370 e. The van der Waals surface area contributed by atoms with Gasteiger partial charge in [0.1, 0.15) is 0 Å². The maximum Gasteiger partial charge on any atom is 0.0370 e. The first-order chi connectivity index (χ1) is 8.66. The number of hydrogen-bond donors (Lipinski definition) is 1. The molecular weight excluding hydrogens is 218 g/mol. The molecule has 0 spiro atoms. The van der Waals surface area contributed by atoms with Crippen LogP contribution in [0.2, 0.25) is 0 Å². The van der Waals surface area contributed by atoms with Gasteiger partial charge in [0.05, 0.1) is 0 Å². The first-order valence-corrected chi connectivity index (χ1v) is 6.53. The topological polar surface area (TPSA) is 12.0 Å². The van der Waals surface area contributed by atoms with Gasteiger partial charge in [0.15, 0.2) is 0 Å². The molecule has 0 radical (unpaired) electrons. The van der Waals surface area contributed by atoms with E-state index in [1.54, 1.807) is 0 Å². The summed E-state index contributed by atoms with van der Waals surface area (Å²) in [5.74, 6) is 0.520. The molecule has 0 aliphatic carbocycles. The van der Waals surface area contributed by atoms with E-state index in [9.17, 15) is 0 Å². The zero-order chi connectivity index (χ0) is 13.0. The SMILES string of the molecule is Cc1ccc(NCC(C)c2ccccc2)c(C)c1. The van der Waals surface area contributed by atoms with Gasteiger partial charge in [-0.25, -0.2) is 0 Å². The second kappa shape index (κ2) is 5.72. The van der Waals surface area contributed by atoms with Gasteiger partial charge in [0.2, 0.25) is 0 Å². The summed E-state index contributed by atoms with van der Waals surface area (Å²) in [4.78, 5) is 0. The maximum atomic E-state index is 3.54. The Labute approximate surface area is 110 Å². The summed E-state index contributed by atoms with van der Waals surface area (Å²) in [7, 11) is 0. The third-order valence-corrected chi connectivity index (χ3v) is 3.35. The highest BCUT2D eigenvalue weighted by molar-refractivity contribution is 5.52. The molecule has 0 heterocycles. The van der Waals surface area contributed by atoms with E-state index in [-0.39, 0.29) is 0 Å². The highest BCUT2D eigenvalue weighted by Gasteiger charge is 2.05. The van der Waals surface area contributed by atoms with Crippen molar-refractivity contribution in [2.45, 2.75) is 26.7 Å². The van der Waals surface area contributed by atoms with E-state index in [0.717, 1.165) is 6.54 Å². The Balaban J connectivity index is 1.99. The zero-order valence-electron chi connectivity index (χ0n) is 11.4. The summed E-state index contributed by atoms with van der Waals surface area (Å²) in [6.45, 7) is 7.51. The lowest BCUT2D eigenvalue weighted by molar-refractivity contribution is 0.804. The van der Waals surface area contributed by atoms with Gasteiger partial charge in [-0.1, -0.05) is 55.0 Å². The molecule has 18 heavy (non-hydrogen) atoms. The van der Waals surface area contributed by atoms with E-state index < -0.39 is 0 Å². The van der Waals surface area contributed by atoms with Crippen LogP contribution in [0.1, 0.15) is 29.5 Å². The molecule has 1 atom stereocenters. The molecule has 0 saturated carbocycles. The molecule has 94 valence electrons. The number of hydrogen-bond acceptors (Lipinski definition) is 1. The summed E-state index contributed by atoms with van der Waals surface area (Å²) in [6, 6.07) is 17.2. The average molecular weight is 239 g/mol. The van der Waals surface area contributed by atoms with Crippen LogP contribution in [0, 0.1) is 13.8 Å². The minimum Gasteiger partial charge on any atom is -0.384 e. The Morgan fingerprint density at radius 2 is 1.72 bits per heavy atom. The van der Waals surface area contributed by atoms with Crippen molar-refractivity contribution in [2.24, 2.45) is 0 Å². The standard InChI is InChI=1S/C17H21N/c1-13-9-10-17(14(2)11-13)18-12-15(3)16-7-5-4-6-8-16/h4-11,15,18H,12H2,1-3H3. The van der Waals surface area contributed by atoms with E-state index in [4.69, 9.17) is 0 Å². The lowest BCUT2D eigenvalue weighted by Gasteiger charge is -2.15. The van der Waals surface area contributed by atoms with Crippen LogP contribution in [0.4, 0.5) is 5.69 Å². The average Bonchev–Trinajstić information content (AvgIpc) is 2.38. The fourth-order valence-corrected chi connectivity index (χ4v) is 2.17. The molecule has 0 bridgehead atoms. The summed E-state index contributed by atoms with van der Waals surface area (Å²) in [6.07, 6.45) is 0. The van der Waals surface area contributed by atoms with Crippen molar-refractivity contribution in [3.63, 3.8) is 0 Å². The largest absolute Gasteiger partial charge is 0.384 e. The fraction of sp³-hybridized carbons (Fsp3) is 0.294. The van der Waals surface area contributed by atoms with Gasteiger partial charge in [-0.05, 0) is 37.0 Å². The van der Waals surface area contributed by atoms with Crippen LogP contribution < -0.4 is 5.32 Å². The molecule has 1 unspecified atom stereocenters. The van der Waals surface area contributed by atoms with Crippen LogP contribution >= 0.6 is 0 Å². The maximum absolute atomic E-state index is 3.54. The van der Waals surface area contributed by atoms with Crippen molar-refractivity contribution in [2.75, 3.05) is 11.9 Å². The van der Waals surface area contributed by atoms with E-state index in [0.29, 0.717) is 5.92 Å². The van der Waals surface area contributed by atoms with Crippen molar-refractivity contribution < 1.29 is 0 Å². The first-order valence-electron chi connectivity index (χ1n) is 6.53. The molecule has 2 rings (SSSR count). The number of aryl methyl sites for hydroxylation is 2. The van der Waals surface area contributed by atoms with Crippen LogP contribution in [-0.4, -0.2) is 6.54 Å². The normalized spacial score (nSPS) is 12.2. The van der Waals surface area contributed by atoms with E-state index >= 15 is 0 Å². The van der Waals surface area contributed by atoms with Gasteiger partial charge in [0.25, 0.3) is 0 Å². The second-order valence-electron chi connectivity index (χ2n) is 5.01. The van der Waals surface area contributed by atoms with Crippen LogP contribution in [0.5, 0.6) is 0 Å². The highest BCUT2D eigenvalue weighted by Crippen LogP contribution is 2.19. The van der Waals surface area contributed by atoms with Crippen LogP contribution in [-0.2, 0) is 0 Å². The molecular formula is C17H21N.